The molecule has 0 spiro atoms. The molecule has 1 saturated heterocycles. The van der Waals surface area contributed by atoms with Crippen molar-refractivity contribution in [1.82, 2.24) is 4.90 Å². The molecule has 1 heterocycles. The van der Waals surface area contributed by atoms with Crippen molar-refractivity contribution in [3.63, 3.8) is 0 Å². The van der Waals surface area contributed by atoms with Gasteiger partial charge in [-0.2, -0.15) is 0 Å². The highest BCUT2D eigenvalue weighted by Crippen LogP contribution is 2.27. The lowest BCUT2D eigenvalue weighted by atomic mass is 9.88. The Morgan fingerprint density at radius 2 is 1.40 bits per heavy atom. The first kappa shape index (κ1) is 11.4. The maximum atomic E-state index is 6.20. The van der Waals surface area contributed by atoms with Gasteiger partial charge in [-0.1, -0.05) is 6.92 Å². The summed E-state index contributed by atoms with van der Waals surface area (Å²) in [5.41, 5.74) is 0. The van der Waals surface area contributed by atoms with Crippen molar-refractivity contribution in [2.75, 3.05) is 20.1 Å². The molecule has 0 radical (unpaired) electrons. The second kappa shape index (κ2) is 5.31. The van der Waals surface area contributed by atoms with Gasteiger partial charge in [-0.25, -0.2) is 0 Å². The molecule has 0 aromatic heterocycles. The molecule has 1 saturated carbocycles. The minimum absolute atomic E-state index is 0.555. The Hall–Kier alpha value is -0.0800. The summed E-state index contributed by atoms with van der Waals surface area (Å²) in [6.07, 6.45) is 8.95. The molecule has 88 valence electrons. The molecule has 0 bridgehead atoms. The van der Waals surface area contributed by atoms with Gasteiger partial charge in [-0.3, -0.25) is 0 Å². The van der Waals surface area contributed by atoms with Gasteiger partial charge in [0, 0.05) is 13.1 Å². The van der Waals surface area contributed by atoms with E-state index in [-0.39, 0.29) is 0 Å². The van der Waals surface area contributed by atoms with Gasteiger partial charge in [0.05, 0.1) is 12.2 Å². The molecule has 0 N–H and O–H groups in total. The van der Waals surface area contributed by atoms with Crippen molar-refractivity contribution < 1.29 is 4.74 Å². The second-order valence-electron chi connectivity index (χ2n) is 5.52. The summed E-state index contributed by atoms with van der Waals surface area (Å²) in [7, 11) is 2.21. The third-order valence-electron chi connectivity index (χ3n) is 4.01. The molecular formula is C13H25NO. The Kier molecular flexibility index (Phi) is 4.04. The van der Waals surface area contributed by atoms with E-state index in [1.54, 1.807) is 0 Å². The molecule has 0 aromatic carbocycles. The third-order valence-corrected chi connectivity index (χ3v) is 4.01. The Labute approximate surface area is 94.0 Å². The van der Waals surface area contributed by atoms with E-state index < -0.39 is 0 Å². The highest BCUT2D eigenvalue weighted by molar-refractivity contribution is 4.75. The highest BCUT2D eigenvalue weighted by atomic mass is 16.5. The van der Waals surface area contributed by atoms with Crippen molar-refractivity contribution in [2.45, 2.75) is 57.7 Å². The van der Waals surface area contributed by atoms with E-state index in [2.05, 4.69) is 18.9 Å². The van der Waals surface area contributed by atoms with Crippen LogP contribution in [-0.4, -0.2) is 37.2 Å². The Morgan fingerprint density at radius 1 is 0.867 bits per heavy atom. The zero-order valence-corrected chi connectivity index (χ0v) is 10.2. The summed E-state index contributed by atoms with van der Waals surface area (Å²) in [6.45, 7) is 4.80. The average Bonchev–Trinajstić information content (AvgIpc) is 2.25. The van der Waals surface area contributed by atoms with Crippen LogP contribution in [0.3, 0.4) is 0 Å². The van der Waals surface area contributed by atoms with Crippen LogP contribution in [0.15, 0.2) is 0 Å². The van der Waals surface area contributed by atoms with Crippen LogP contribution < -0.4 is 0 Å². The van der Waals surface area contributed by atoms with E-state index in [1.807, 2.05) is 0 Å². The molecular weight excluding hydrogens is 186 g/mol. The fraction of sp³-hybridized carbons (Fsp3) is 1.00. The molecule has 1 aliphatic heterocycles. The number of rotatable bonds is 2. The van der Waals surface area contributed by atoms with Crippen LogP contribution in [-0.2, 0) is 4.74 Å². The monoisotopic (exact) mass is 211 g/mol. The van der Waals surface area contributed by atoms with Gasteiger partial charge in [0.2, 0.25) is 0 Å². The van der Waals surface area contributed by atoms with Crippen LogP contribution in [0.1, 0.15) is 45.4 Å². The predicted octanol–water partition coefficient (Wildman–Crippen LogP) is 2.68. The molecule has 0 aromatic rings. The fourth-order valence-corrected chi connectivity index (χ4v) is 2.76. The summed E-state index contributed by atoms with van der Waals surface area (Å²) >= 11 is 0. The van der Waals surface area contributed by atoms with Crippen LogP contribution in [0.5, 0.6) is 0 Å². The molecule has 2 aliphatic rings. The Bertz CT molecular complexity index is 159. The summed E-state index contributed by atoms with van der Waals surface area (Å²) in [6, 6.07) is 0. The molecule has 0 unspecified atom stereocenters. The lowest BCUT2D eigenvalue weighted by Crippen LogP contribution is -2.36. The van der Waals surface area contributed by atoms with Gasteiger partial charge in [-0.05, 0) is 51.5 Å². The number of piperidine rings is 1. The second-order valence-corrected chi connectivity index (χ2v) is 5.52. The number of likely N-dealkylation sites (tertiary alicyclic amines) is 1. The predicted molar refractivity (Wildman–Crippen MR) is 63.0 cm³/mol. The van der Waals surface area contributed by atoms with Crippen LogP contribution in [0.25, 0.3) is 0 Å². The van der Waals surface area contributed by atoms with Crippen molar-refractivity contribution >= 4 is 0 Å². The topological polar surface area (TPSA) is 12.5 Å². The van der Waals surface area contributed by atoms with E-state index in [9.17, 15) is 0 Å². The molecule has 2 fully saturated rings. The Balaban J connectivity index is 1.68. The molecule has 1 aliphatic carbocycles. The first-order chi connectivity index (χ1) is 7.24. The van der Waals surface area contributed by atoms with Crippen molar-refractivity contribution in [2.24, 2.45) is 5.92 Å². The largest absolute Gasteiger partial charge is 0.375 e. The van der Waals surface area contributed by atoms with Crippen LogP contribution in [0.4, 0.5) is 0 Å². The quantitative estimate of drug-likeness (QED) is 0.696. The minimum Gasteiger partial charge on any atom is -0.375 e. The minimum atomic E-state index is 0.555. The number of ether oxygens (including phenoxy) is 1. The molecule has 2 heteroatoms. The molecule has 15 heavy (non-hydrogen) atoms. The van der Waals surface area contributed by atoms with E-state index in [0.29, 0.717) is 12.2 Å². The number of hydrogen-bond acceptors (Lipinski definition) is 2. The van der Waals surface area contributed by atoms with E-state index in [0.717, 1.165) is 5.92 Å². The maximum absolute atomic E-state index is 6.20. The van der Waals surface area contributed by atoms with E-state index in [1.165, 1.54) is 51.6 Å². The van der Waals surface area contributed by atoms with Gasteiger partial charge in [0.25, 0.3) is 0 Å². The van der Waals surface area contributed by atoms with Gasteiger partial charge in [0.1, 0.15) is 0 Å². The normalized spacial score (nSPS) is 35.6. The molecule has 2 rings (SSSR count). The van der Waals surface area contributed by atoms with Gasteiger partial charge >= 0.3 is 0 Å². The van der Waals surface area contributed by atoms with Crippen LogP contribution in [0.2, 0.25) is 0 Å². The van der Waals surface area contributed by atoms with Crippen LogP contribution >= 0.6 is 0 Å². The molecule has 2 nitrogen and oxygen atoms in total. The van der Waals surface area contributed by atoms with E-state index in [4.69, 9.17) is 4.74 Å². The maximum Gasteiger partial charge on any atom is 0.0603 e. The summed E-state index contributed by atoms with van der Waals surface area (Å²) in [5, 5.41) is 0. The first-order valence-electron chi connectivity index (χ1n) is 6.58. The summed E-state index contributed by atoms with van der Waals surface area (Å²) in [4.78, 5) is 2.41. The lowest BCUT2D eigenvalue weighted by molar-refractivity contribution is -0.0577. The highest BCUT2D eigenvalue weighted by Gasteiger charge is 2.24. The zero-order valence-electron chi connectivity index (χ0n) is 10.2. The summed E-state index contributed by atoms with van der Waals surface area (Å²) < 4.78 is 6.20. The van der Waals surface area contributed by atoms with Crippen molar-refractivity contribution in [3.05, 3.63) is 0 Å². The van der Waals surface area contributed by atoms with Gasteiger partial charge in [-0.15, -0.1) is 0 Å². The number of hydrogen-bond donors (Lipinski definition) is 0. The standard InChI is InChI=1S/C13H25NO/c1-11-3-5-12(6-4-11)15-13-7-9-14(2)10-8-13/h11-13H,3-10H2,1-2H3. The molecule has 0 atom stereocenters. The lowest BCUT2D eigenvalue weighted by Gasteiger charge is -2.34. The fourth-order valence-electron chi connectivity index (χ4n) is 2.76. The SMILES string of the molecule is CC1CCC(OC2CCN(C)CC2)CC1. The van der Waals surface area contributed by atoms with E-state index >= 15 is 0 Å². The van der Waals surface area contributed by atoms with Gasteiger partial charge in [0.15, 0.2) is 0 Å². The zero-order chi connectivity index (χ0) is 10.7. The van der Waals surface area contributed by atoms with Crippen molar-refractivity contribution in [3.8, 4) is 0 Å². The van der Waals surface area contributed by atoms with Crippen LogP contribution in [0, 0.1) is 5.92 Å². The smallest absolute Gasteiger partial charge is 0.0603 e. The Morgan fingerprint density at radius 3 is 2.00 bits per heavy atom. The third kappa shape index (κ3) is 3.46. The number of nitrogens with zero attached hydrogens (tertiary/aromatic N) is 1. The average molecular weight is 211 g/mol. The molecule has 0 amide bonds. The van der Waals surface area contributed by atoms with Crippen molar-refractivity contribution in [1.29, 1.82) is 0 Å². The van der Waals surface area contributed by atoms with Gasteiger partial charge < -0.3 is 9.64 Å². The summed E-state index contributed by atoms with van der Waals surface area (Å²) in [5.74, 6) is 0.933. The first-order valence-corrected chi connectivity index (χ1v) is 6.58.